The van der Waals surface area contributed by atoms with Gasteiger partial charge in [-0.15, -0.1) is 10.2 Å². The Hall–Kier alpha value is -2.00. The minimum Gasteiger partial charge on any atom is -0.338 e. The van der Waals surface area contributed by atoms with Crippen LogP contribution in [0.4, 0.5) is 15.2 Å². The Morgan fingerprint density at radius 3 is 2.95 bits per heavy atom. The van der Waals surface area contributed by atoms with Gasteiger partial charge in [-0.1, -0.05) is 40.4 Å². The van der Waals surface area contributed by atoms with E-state index in [1.54, 1.807) is 25.1 Å². The quantitative estimate of drug-likeness (QED) is 0.721. The number of aryl methyl sites for hydroxylation is 1. The Bertz CT molecular complexity index is 745. The fourth-order valence-corrected chi connectivity index (χ4v) is 3.12. The molecular weight excluding hydrogens is 313 g/mol. The summed E-state index contributed by atoms with van der Waals surface area (Å²) in [7, 11) is 0. The summed E-state index contributed by atoms with van der Waals surface area (Å²) < 4.78 is 19.3. The SMILES string of the molecule is Cc1noc(CSc2nnc(Nc3ccccc3F)s2)n1. The molecule has 0 bridgehead atoms. The van der Waals surface area contributed by atoms with Crippen LogP contribution in [0.1, 0.15) is 11.7 Å². The van der Waals surface area contributed by atoms with Gasteiger partial charge in [0.25, 0.3) is 0 Å². The van der Waals surface area contributed by atoms with E-state index in [4.69, 9.17) is 4.52 Å². The van der Waals surface area contributed by atoms with E-state index in [9.17, 15) is 4.39 Å². The van der Waals surface area contributed by atoms with Crippen LogP contribution in [0.3, 0.4) is 0 Å². The predicted octanol–water partition coefficient (Wildman–Crippen LogP) is 3.40. The van der Waals surface area contributed by atoms with E-state index < -0.39 is 0 Å². The summed E-state index contributed by atoms with van der Waals surface area (Å²) in [6.45, 7) is 1.76. The van der Waals surface area contributed by atoms with Gasteiger partial charge in [0.2, 0.25) is 11.0 Å². The van der Waals surface area contributed by atoms with Gasteiger partial charge in [0.15, 0.2) is 10.2 Å². The summed E-state index contributed by atoms with van der Waals surface area (Å²) in [5, 5.41) is 15.1. The summed E-state index contributed by atoms with van der Waals surface area (Å²) in [6, 6.07) is 6.41. The van der Waals surface area contributed by atoms with Gasteiger partial charge in [-0.05, 0) is 19.1 Å². The summed E-state index contributed by atoms with van der Waals surface area (Å²) in [4.78, 5) is 4.10. The molecule has 0 spiro atoms. The zero-order chi connectivity index (χ0) is 14.7. The number of nitrogens with one attached hydrogen (secondary N) is 1. The maximum atomic E-state index is 13.5. The average Bonchev–Trinajstić information content (AvgIpc) is 3.08. The molecule has 0 amide bonds. The first-order chi connectivity index (χ1) is 10.2. The molecule has 0 unspecified atom stereocenters. The van der Waals surface area contributed by atoms with Crippen molar-refractivity contribution in [1.82, 2.24) is 20.3 Å². The molecule has 0 fully saturated rings. The number of anilines is 2. The van der Waals surface area contributed by atoms with Crippen LogP contribution in [0.25, 0.3) is 0 Å². The summed E-state index contributed by atoms with van der Waals surface area (Å²) >= 11 is 2.77. The number of nitrogens with zero attached hydrogens (tertiary/aromatic N) is 4. The number of para-hydroxylation sites is 1. The van der Waals surface area contributed by atoms with Crippen molar-refractivity contribution in [3.05, 3.63) is 41.8 Å². The van der Waals surface area contributed by atoms with Gasteiger partial charge in [-0.2, -0.15) is 4.98 Å². The second kappa shape index (κ2) is 6.19. The molecule has 0 aliphatic rings. The molecule has 0 aliphatic heterocycles. The van der Waals surface area contributed by atoms with E-state index >= 15 is 0 Å². The summed E-state index contributed by atoms with van der Waals surface area (Å²) in [6.07, 6.45) is 0. The maximum absolute atomic E-state index is 13.5. The molecule has 0 aliphatic carbocycles. The van der Waals surface area contributed by atoms with Crippen LogP contribution in [-0.2, 0) is 5.75 Å². The number of halogens is 1. The van der Waals surface area contributed by atoms with Crippen LogP contribution in [0.2, 0.25) is 0 Å². The third-order valence-corrected chi connectivity index (χ3v) is 4.37. The molecule has 1 aromatic carbocycles. The van der Waals surface area contributed by atoms with Crippen molar-refractivity contribution in [1.29, 1.82) is 0 Å². The molecule has 1 N–H and O–H groups in total. The Morgan fingerprint density at radius 2 is 2.19 bits per heavy atom. The highest BCUT2D eigenvalue weighted by Gasteiger charge is 2.09. The number of hydrogen-bond acceptors (Lipinski definition) is 8. The molecular formula is C12H10FN5OS2. The van der Waals surface area contributed by atoms with Crippen LogP contribution in [0, 0.1) is 12.7 Å². The van der Waals surface area contributed by atoms with Gasteiger partial charge in [-0.25, -0.2) is 4.39 Å². The molecule has 108 valence electrons. The standard InChI is InChI=1S/C12H10FN5OS2/c1-7-14-10(19-18-7)6-20-12-17-16-11(21-12)15-9-5-3-2-4-8(9)13/h2-5H,6H2,1H3,(H,15,16). The Kier molecular flexibility index (Phi) is 4.11. The topological polar surface area (TPSA) is 76.7 Å². The minimum absolute atomic E-state index is 0.330. The maximum Gasteiger partial charge on any atom is 0.237 e. The molecule has 0 saturated carbocycles. The highest BCUT2D eigenvalue weighted by Crippen LogP contribution is 2.30. The lowest BCUT2D eigenvalue weighted by atomic mass is 10.3. The number of hydrogen-bond donors (Lipinski definition) is 1. The molecule has 6 nitrogen and oxygen atoms in total. The Labute approximate surface area is 127 Å². The lowest BCUT2D eigenvalue weighted by molar-refractivity contribution is 0.387. The van der Waals surface area contributed by atoms with E-state index in [0.717, 1.165) is 4.34 Å². The normalized spacial score (nSPS) is 10.8. The van der Waals surface area contributed by atoms with Crippen LogP contribution in [0.5, 0.6) is 0 Å². The summed E-state index contributed by atoms with van der Waals surface area (Å²) in [5.41, 5.74) is 0.373. The molecule has 2 aromatic heterocycles. The molecule has 0 atom stereocenters. The largest absolute Gasteiger partial charge is 0.338 e. The molecule has 0 saturated heterocycles. The van der Waals surface area contributed by atoms with Gasteiger partial charge < -0.3 is 9.84 Å². The van der Waals surface area contributed by atoms with Gasteiger partial charge in [-0.3, -0.25) is 0 Å². The molecule has 9 heteroatoms. The van der Waals surface area contributed by atoms with Crippen molar-refractivity contribution in [3.63, 3.8) is 0 Å². The first-order valence-corrected chi connectivity index (χ1v) is 7.78. The summed E-state index contributed by atoms with van der Waals surface area (Å²) in [5.74, 6) is 1.33. The average molecular weight is 323 g/mol. The minimum atomic E-state index is -0.330. The van der Waals surface area contributed by atoms with E-state index in [2.05, 4.69) is 25.7 Å². The second-order valence-electron chi connectivity index (χ2n) is 4.00. The zero-order valence-corrected chi connectivity index (χ0v) is 12.5. The molecule has 3 rings (SSSR count). The Morgan fingerprint density at radius 1 is 1.33 bits per heavy atom. The zero-order valence-electron chi connectivity index (χ0n) is 10.9. The van der Waals surface area contributed by atoms with E-state index in [1.807, 2.05) is 0 Å². The first kappa shape index (κ1) is 14.0. The fourth-order valence-electron chi connectivity index (χ4n) is 1.52. The van der Waals surface area contributed by atoms with Crippen molar-refractivity contribution in [3.8, 4) is 0 Å². The first-order valence-electron chi connectivity index (χ1n) is 5.98. The molecule has 21 heavy (non-hydrogen) atoms. The fraction of sp³-hybridized carbons (Fsp3) is 0.167. The lowest BCUT2D eigenvalue weighted by Gasteiger charge is -2.01. The lowest BCUT2D eigenvalue weighted by Crippen LogP contribution is -1.92. The number of aromatic nitrogens is 4. The monoisotopic (exact) mass is 323 g/mol. The van der Waals surface area contributed by atoms with Crippen molar-refractivity contribution < 1.29 is 8.91 Å². The van der Waals surface area contributed by atoms with Crippen molar-refractivity contribution in [2.75, 3.05) is 5.32 Å². The molecule has 2 heterocycles. The van der Waals surface area contributed by atoms with Gasteiger partial charge in [0.05, 0.1) is 11.4 Å². The highest BCUT2D eigenvalue weighted by atomic mass is 32.2. The Balaban J connectivity index is 1.62. The van der Waals surface area contributed by atoms with Crippen LogP contribution < -0.4 is 5.32 Å². The van der Waals surface area contributed by atoms with Crippen molar-refractivity contribution >= 4 is 33.9 Å². The van der Waals surface area contributed by atoms with Crippen molar-refractivity contribution in [2.24, 2.45) is 0 Å². The van der Waals surface area contributed by atoms with E-state index in [-0.39, 0.29) is 5.82 Å². The number of rotatable bonds is 5. The van der Waals surface area contributed by atoms with Crippen LogP contribution >= 0.6 is 23.1 Å². The van der Waals surface area contributed by atoms with Gasteiger partial charge in [0.1, 0.15) is 5.82 Å². The third-order valence-electron chi connectivity index (χ3n) is 2.41. The van der Waals surface area contributed by atoms with Gasteiger partial charge in [0, 0.05) is 0 Å². The van der Waals surface area contributed by atoms with Gasteiger partial charge >= 0.3 is 0 Å². The molecule has 0 radical (unpaired) electrons. The highest BCUT2D eigenvalue weighted by molar-refractivity contribution is 8.00. The third kappa shape index (κ3) is 3.56. The molecule has 3 aromatic rings. The van der Waals surface area contributed by atoms with Crippen LogP contribution in [-0.4, -0.2) is 20.3 Å². The predicted molar refractivity (Wildman–Crippen MR) is 78.2 cm³/mol. The van der Waals surface area contributed by atoms with E-state index in [0.29, 0.717) is 28.3 Å². The number of benzene rings is 1. The number of thioether (sulfide) groups is 1. The van der Waals surface area contributed by atoms with Crippen molar-refractivity contribution in [2.45, 2.75) is 17.0 Å². The second-order valence-corrected chi connectivity index (χ2v) is 6.20. The van der Waals surface area contributed by atoms with E-state index in [1.165, 1.54) is 29.2 Å². The van der Waals surface area contributed by atoms with Crippen LogP contribution in [0.15, 0.2) is 33.1 Å². The smallest absolute Gasteiger partial charge is 0.237 e.